The fourth-order valence-electron chi connectivity index (χ4n) is 3.03. The third-order valence-corrected chi connectivity index (χ3v) is 4.79. The highest BCUT2D eigenvalue weighted by Crippen LogP contribution is 2.27. The molecule has 6 heteroatoms. The number of benzene rings is 2. The molecule has 6 nitrogen and oxygen atoms in total. The van der Waals surface area contributed by atoms with E-state index in [9.17, 15) is 0 Å². The number of ether oxygens (including phenoxy) is 2. The quantitative estimate of drug-likeness (QED) is 0.573. The lowest BCUT2D eigenvalue weighted by molar-refractivity contribution is 0.354. The lowest BCUT2D eigenvalue weighted by atomic mass is 10.1. The number of aromatic nitrogens is 2. The van der Waals surface area contributed by atoms with Crippen LogP contribution in [0.3, 0.4) is 0 Å². The minimum Gasteiger partial charge on any atom is -0.493 e. The molecular formula is C23H28N4O2. The van der Waals surface area contributed by atoms with Gasteiger partial charge in [0, 0.05) is 24.0 Å². The number of anilines is 3. The Morgan fingerprint density at radius 1 is 0.828 bits per heavy atom. The molecule has 0 aliphatic heterocycles. The monoisotopic (exact) mass is 392 g/mol. The molecule has 0 aliphatic carbocycles. The van der Waals surface area contributed by atoms with E-state index in [1.807, 2.05) is 37.3 Å². The molecule has 3 aromatic rings. The Morgan fingerprint density at radius 2 is 1.62 bits per heavy atom. The second-order valence-electron chi connectivity index (χ2n) is 7.01. The number of nitrogens with zero attached hydrogens (tertiary/aromatic N) is 2. The lowest BCUT2D eigenvalue weighted by Crippen LogP contribution is -2.09. The third kappa shape index (κ3) is 5.38. The Labute approximate surface area is 172 Å². The number of methoxy groups -OCH3 is 2. The van der Waals surface area contributed by atoms with Gasteiger partial charge in [0.15, 0.2) is 11.5 Å². The molecule has 0 radical (unpaired) electrons. The summed E-state index contributed by atoms with van der Waals surface area (Å²) in [5.74, 6) is 2.85. The van der Waals surface area contributed by atoms with Crippen molar-refractivity contribution in [2.45, 2.75) is 27.2 Å². The lowest BCUT2D eigenvalue weighted by Gasteiger charge is -2.12. The van der Waals surface area contributed by atoms with Gasteiger partial charge < -0.3 is 20.1 Å². The first-order valence-electron chi connectivity index (χ1n) is 9.63. The zero-order valence-electron chi connectivity index (χ0n) is 17.7. The van der Waals surface area contributed by atoms with E-state index in [1.54, 1.807) is 14.2 Å². The minimum absolute atomic E-state index is 0.585. The molecule has 0 bridgehead atoms. The predicted octanol–water partition coefficient (Wildman–Crippen LogP) is 4.82. The van der Waals surface area contributed by atoms with Gasteiger partial charge in [0.05, 0.1) is 14.2 Å². The molecule has 0 atom stereocenters. The summed E-state index contributed by atoms with van der Waals surface area (Å²) in [5.41, 5.74) is 5.54. The number of hydrogen-bond acceptors (Lipinski definition) is 6. The maximum absolute atomic E-state index is 5.37. The fourth-order valence-corrected chi connectivity index (χ4v) is 3.03. The second-order valence-corrected chi connectivity index (χ2v) is 7.01. The van der Waals surface area contributed by atoms with Crippen molar-refractivity contribution in [2.75, 3.05) is 31.4 Å². The van der Waals surface area contributed by atoms with Crippen LogP contribution in [0.25, 0.3) is 0 Å². The van der Waals surface area contributed by atoms with Crippen LogP contribution >= 0.6 is 0 Å². The van der Waals surface area contributed by atoms with Crippen molar-refractivity contribution in [1.29, 1.82) is 0 Å². The normalized spacial score (nSPS) is 10.5. The van der Waals surface area contributed by atoms with Crippen molar-refractivity contribution in [2.24, 2.45) is 0 Å². The molecule has 0 aliphatic rings. The van der Waals surface area contributed by atoms with Crippen LogP contribution in [0.15, 0.2) is 42.5 Å². The van der Waals surface area contributed by atoms with E-state index in [2.05, 4.69) is 46.6 Å². The van der Waals surface area contributed by atoms with E-state index in [-0.39, 0.29) is 0 Å². The summed E-state index contributed by atoms with van der Waals surface area (Å²) in [6.07, 6.45) is 0.837. The van der Waals surface area contributed by atoms with Crippen molar-refractivity contribution in [3.63, 3.8) is 0 Å². The summed E-state index contributed by atoms with van der Waals surface area (Å²) in [6.45, 7) is 6.91. The van der Waals surface area contributed by atoms with Crippen molar-refractivity contribution >= 4 is 17.5 Å². The second kappa shape index (κ2) is 9.28. The number of rotatable bonds is 8. The van der Waals surface area contributed by atoms with Crippen molar-refractivity contribution < 1.29 is 9.47 Å². The average Bonchev–Trinajstić information content (AvgIpc) is 2.70. The van der Waals surface area contributed by atoms with Crippen LogP contribution in [0.1, 0.15) is 22.4 Å². The predicted molar refractivity (Wildman–Crippen MR) is 118 cm³/mol. The van der Waals surface area contributed by atoms with Gasteiger partial charge in [0.1, 0.15) is 5.82 Å². The fraction of sp³-hybridized carbons (Fsp3) is 0.304. The molecule has 0 spiro atoms. The van der Waals surface area contributed by atoms with Gasteiger partial charge >= 0.3 is 0 Å². The standard InChI is InChI=1S/C23H28N4O2/c1-15-6-8-19(12-16(15)2)26-23-25-17(3)13-22(27-23)24-11-10-18-7-9-20(28-4)21(14-18)29-5/h6-9,12-14H,10-11H2,1-5H3,(H2,24,25,26,27). The zero-order chi connectivity index (χ0) is 20.8. The van der Waals surface area contributed by atoms with Crippen molar-refractivity contribution in [3.05, 3.63) is 64.8 Å². The largest absolute Gasteiger partial charge is 0.493 e. The van der Waals surface area contributed by atoms with Crippen LogP contribution in [0.2, 0.25) is 0 Å². The Hall–Kier alpha value is -3.28. The molecule has 1 aromatic heterocycles. The molecule has 152 valence electrons. The zero-order valence-corrected chi connectivity index (χ0v) is 17.7. The van der Waals surface area contributed by atoms with Gasteiger partial charge in [-0.25, -0.2) is 4.98 Å². The SMILES string of the molecule is COc1ccc(CCNc2cc(C)nc(Nc3ccc(C)c(C)c3)n2)cc1OC. The van der Waals surface area contributed by atoms with Gasteiger partial charge in [-0.1, -0.05) is 12.1 Å². The van der Waals surface area contributed by atoms with E-state index in [4.69, 9.17) is 9.47 Å². The van der Waals surface area contributed by atoms with Gasteiger partial charge in [-0.15, -0.1) is 0 Å². The summed E-state index contributed by atoms with van der Waals surface area (Å²) < 4.78 is 10.7. The molecule has 1 heterocycles. The summed E-state index contributed by atoms with van der Waals surface area (Å²) in [6, 6.07) is 14.1. The highest BCUT2D eigenvalue weighted by Gasteiger charge is 2.06. The first kappa shape index (κ1) is 20.5. The van der Waals surface area contributed by atoms with Crippen LogP contribution in [-0.4, -0.2) is 30.7 Å². The molecule has 29 heavy (non-hydrogen) atoms. The van der Waals surface area contributed by atoms with E-state index in [0.717, 1.165) is 47.2 Å². The van der Waals surface area contributed by atoms with Crippen LogP contribution < -0.4 is 20.1 Å². The third-order valence-electron chi connectivity index (χ3n) is 4.79. The maximum atomic E-state index is 5.37. The summed E-state index contributed by atoms with van der Waals surface area (Å²) in [7, 11) is 3.29. The minimum atomic E-state index is 0.585. The van der Waals surface area contributed by atoms with Crippen LogP contribution in [0.4, 0.5) is 17.5 Å². The van der Waals surface area contributed by atoms with E-state index in [1.165, 1.54) is 11.1 Å². The molecule has 0 unspecified atom stereocenters. The van der Waals surface area contributed by atoms with Crippen LogP contribution in [0, 0.1) is 20.8 Å². The Kier molecular flexibility index (Phi) is 6.54. The molecular weight excluding hydrogens is 364 g/mol. The van der Waals surface area contributed by atoms with Gasteiger partial charge in [-0.05, 0) is 68.1 Å². The average molecular weight is 393 g/mol. The molecule has 0 saturated heterocycles. The number of hydrogen-bond donors (Lipinski definition) is 2. The Balaban J connectivity index is 1.65. The van der Waals surface area contributed by atoms with Gasteiger partial charge in [0.2, 0.25) is 5.95 Å². The molecule has 0 amide bonds. The number of aryl methyl sites for hydroxylation is 3. The van der Waals surface area contributed by atoms with E-state index < -0.39 is 0 Å². The summed E-state index contributed by atoms with van der Waals surface area (Å²) in [4.78, 5) is 9.09. The van der Waals surface area contributed by atoms with Gasteiger partial charge in [-0.3, -0.25) is 0 Å². The highest BCUT2D eigenvalue weighted by atomic mass is 16.5. The van der Waals surface area contributed by atoms with Gasteiger partial charge in [-0.2, -0.15) is 4.98 Å². The molecule has 0 saturated carbocycles. The molecule has 3 rings (SSSR count). The van der Waals surface area contributed by atoms with Crippen LogP contribution in [-0.2, 0) is 6.42 Å². The Morgan fingerprint density at radius 3 is 2.34 bits per heavy atom. The summed E-state index contributed by atoms with van der Waals surface area (Å²) >= 11 is 0. The maximum Gasteiger partial charge on any atom is 0.229 e. The van der Waals surface area contributed by atoms with Crippen LogP contribution in [0.5, 0.6) is 11.5 Å². The number of nitrogens with one attached hydrogen (secondary N) is 2. The van der Waals surface area contributed by atoms with E-state index in [0.29, 0.717) is 5.95 Å². The molecule has 2 aromatic carbocycles. The topological polar surface area (TPSA) is 68.3 Å². The Bertz CT molecular complexity index is 989. The first-order chi connectivity index (χ1) is 14.0. The highest BCUT2D eigenvalue weighted by molar-refractivity contribution is 5.57. The first-order valence-corrected chi connectivity index (χ1v) is 9.63. The van der Waals surface area contributed by atoms with E-state index >= 15 is 0 Å². The summed E-state index contributed by atoms with van der Waals surface area (Å²) in [5, 5.41) is 6.68. The van der Waals surface area contributed by atoms with Crippen molar-refractivity contribution in [3.8, 4) is 11.5 Å². The molecule has 2 N–H and O–H groups in total. The smallest absolute Gasteiger partial charge is 0.229 e. The molecule has 0 fully saturated rings. The van der Waals surface area contributed by atoms with Gasteiger partial charge in [0.25, 0.3) is 0 Å². The van der Waals surface area contributed by atoms with Crippen molar-refractivity contribution in [1.82, 2.24) is 9.97 Å².